The number of rotatable bonds is 22. The predicted molar refractivity (Wildman–Crippen MR) is 134 cm³/mol. The summed E-state index contributed by atoms with van der Waals surface area (Å²) in [6, 6.07) is 7.55. The zero-order chi connectivity index (χ0) is 21.5. The molecule has 1 heteroatoms. The molecular weight excluding hydrogens is 362 g/mol. The van der Waals surface area contributed by atoms with Crippen LogP contribution in [0.15, 0.2) is 12.1 Å². The summed E-state index contributed by atoms with van der Waals surface area (Å²) in [4.78, 5) is 4.89. The van der Waals surface area contributed by atoms with E-state index in [1.165, 1.54) is 140 Å². The minimum atomic E-state index is 1.14. The first-order chi connectivity index (χ1) is 14.9. The van der Waals surface area contributed by atoms with E-state index in [-0.39, 0.29) is 0 Å². The third-order valence-corrected chi connectivity index (χ3v) is 6.36. The van der Waals surface area contributed by atoms with Gasteiger partial charge >= 0.3 is 0 Å². The molecule has 30 heavy (non-hydrogen) atoms. The Morgan fingerprint density at radius 1 is 0.467 bits per heavy atom. The maximum atomic E-state index is 4.89. The lowest BCUT2D eigenvalue weighted by atomic mass is 10.0. The lowest BCUT2D eigenvalue weighted by Gasteiger charge is -2.06. The van der Waals surface area contributed by atoms with Crippen LogP contribution in [0.5, 0.6) is 0 Å². The summed E-state index contributed by atoms with van der Waals surface area (Å²) in [5, 5.41) is 0. The summed E-state index contributed by atoms with van der Waals surface area (Å²) in [7, 11) is 0. The van der Waals surface area contributed by atoms with E-state index < -0.39 is 0 Å². The molecule has 0 aliphatic heterocycles. The van der Waals surface area contributed by atoms with Crippen molar-refractivity contribution in [2.45, 2.75) is 155 Å². The monoisotopic (exact) mass is 414 g/mol. The Morgan fingerprint density at radius 2 is 0.767 bits per heavy atom. The maximum absolute atomic E-state index is 4.89. The molecule has 0 unspecified atom stereocenters. The molecule has 0 saturated heterocycles. The zero-order valence-electron chi connectivity index (χ0n) is 20.7. The Bertz CT molecular complexity index is 428. The van der Waals surface area contributed by atoms with Gasteiger partial charge in [-0.1, -0.05) is 129 Å². The van der Waals surface area contributed by atoms with E-state index in [0.29, 0.717) is 0 Å². The fourth-order valence-corrected chi connectivity index (χ4v) is 4.33. The smallest absolute Gasteiger partial charge is 0.0413 e. The van der Waals surface area contributed by atoms with Crippen molar-refractivity contribution in [2.75, 3.05) is 0 Å². The second-order valence-electron chi connectivity index (χ2n) is 9.41. The average Bonchev–Trinajstić information content (AvgIpc) is 2.76. The van der Waals surface area contributed by atoms with Crippen LogP contribution in [0.25, 0.3) is 0 Å². The number of unbranched alkanes of at least 4 members (excludes halogenated alkanes) is 18. The molecule has 1 rings (SSSR count). The summed E-state index contributed by atoms with van der Waals surface area (Å²) in [5.41, 5.74) is 2.53. The van der Waals surface area contributed by atoms with Crippen LogP contribution in [0.2, 0.25) is 0 Å². The quantitative estimate of drug-likeness (QED) is 0.172. The highest BCUT2D eigenvalue weighted by atomic mass is 14.7. The van der Waals surface area contributed by atoms with Gasteiger partial charge in [0.25, 0.3) is 0 Å². The van der Waals surface area contributed by atoms with Crippen LogP contribution in [0.4, 0.5) is 0 Å². The van der Waals surface area contributed by atoms with Crippen molar-refractivity contribution in [1.29, 1.82) is 0 Å². The van der Waals surface area contributed by atoms with E-state index in [1.807, 2.05) is 0 Å². The first kappa shape index (κ1) is 27.2. The lowest BCUT2D eigenvalue weighted by Crippen LogP contribution is -1.96. The lowest BCUT2D eigenvalue weighted by molar-refractivity contribution is 0.553. The van der Waals surface area contributed by atoms with Gasteiger partial charge in [0.05, 0.1) is 0 Å². The molecule has 0 spiro atoms. The maximum Gasteiger partial charge on any atom is 0.0413 e. The third kappa shape index (κ3) is 16.9. The average molecular weight is 415 g/mol. The summed E-state index contributed by atoms with van der Waals surface area (Å²) >= 11 is 0. The molecule has 1 nitrogen and oxygen atoms in total. The van der Waals surface area contributed by atoms with E-state index in [2.05, 4.69) is 32.0 Å². The second kappa shape index (κ2) is 21.4. The van der Waals surface area contributed by atoms with E-state index in [9.17, 15) is 0 Å². The Hall–Kier alpha value is -0.850. The highest BCUT2D eigenvalue weighted by Crippen LogP contribution is 2.14. The molecule has 0 N–H and O–H groups in total. The number of nitrogens with zero attached hydrogens (tertiary/aromatic N) is 1. The molecule has 0 amide bonds. The first-order valence-corrected chi connectivity index (χ1v) is 13.7. The molecular formula is C29H52N. The molecule has 1 aromatic rings. The first-order valence-electron chi connectivity index (χ1n) is 13.7. The Morgan fingerprint density at radius 3 is 1.10 bits per heavy atom. The SMILES string of the molecule is CCCCCCCCCCCCc1c[c]cc(CCCCCCCCCCCC)n1. The van der Waals surface area contributed by atoms with Gasteiger partial charge in [0.15, 0.2) is 0 Å². The Kier molecular flexibility index (Phi) is 19.4. The molecule has 0 saturated carbocycles. The van der Waals surface area contributed by atoms with E-state index in [0.717, 1.165) is 12.8 Å². The van der Waals surface area contributed by atoms with Crippen molar-refractivity contribution in [3.05, 3.63) is 29.6 Å². The number of aromatic nitrogens is 1. The normalized spacial score (nSPS) is 11.3. The summed E-state index contributed by atoms with van der Waals surface area (Å²) in [5.74, 6) is 0. The molecule has 1 heterocycles. The van der Waals surface area contributed by atoms with Crippen molar-refractivity contribution in [3.63, 3.8) is 0 Å². The van der Waals surface area contributed by atoms with Crippen molar-refractivity contribution in [3.8, 4) is 0 Å². The van der Waals surface area contributed by atoms with Gasteiger partial charge in [-0.05, 0) is 43.9 Å². The number of aryl methyl sites for hydroxylation is 2. The van der Waals surface area contributed by atoms with Crippen LogP contribution in [0, 0.1) is 6.07 Å². The third-order valence-electron chi connectivity index (χ3n) is 6.36. The zero-order valence-corrected chi connectivity index (χ0v) is 20.7. The number of hydrogen-bond donors (Lipinski definition) is 0. The van der Waals surface area contributed by atoms with Crippen LogP contribution in [-0.4, -0.2) is 4.98 Å². The van der Waals surface area contributed by atoms with E-state index in [1.54, 1.807) is 0 Å². The van der Waals surface area contributed by atoms with E-state index in [4.69, 9.17) is 4.98 Å². The van der Waals surface area contributed by atoms with Gasteiger partial charge in [0.1, 0.15) is 0 Å². The van der Waals surface area contributed by atoms with Gasteiger partial charge in [0.2, 0.25) is 0 Å². The summed E-state index contributed by atoms with van der Waals surface area (Å²) in [6.07, 6.45) is 30.3. The fraction of sp³-hybridized carbons (Fsp3) is 0.828. The van der Waals surface area contributed by atoms with Gasteiger partial charge in [0, 0.05) is 11.4 Å². The molecule has 0 bridgehead atoms. The Labute approximate surface area is 189 Å². The second-order valence-corrected chi connectivity index (χ2v) is 9.41. The van der Waals surface area contributed by atoms with Crippen molar-refractivity contribution in [1.82, 2.24) is 4.98 Å². The molecule has 1 radical (unpaired) electrons. The van der Waals surface area contributed by atoms with Crippen molar-refractivity contribution < 1.29 is 0 Å². The molecule has 0 fully saturated rings. The highest BCUT2D eigenvalue weighted by Gasteiger charge is 2.00. The molecule has 0 aliphatic carbocycles. The van der Waals surface area contributed by atoms with Gasteiger partial charge in [-0.3, -0.25) is 4.98 Å². The minimum absolute atomic E-state index is 1.14. The molecule has 173 valence electrons. The highest BCUT2D eigenvalue weighted by molar-refractivity contribution is 5.10. The van der Waals surface area contributed by atoms with Gasteiger partial charge < -0.3 is 0 Å². The number of pyridine rings is 1. The van der Waals surface area contributed by atoms with Crippen LogP contribution < -0.4 is 0 Å². The van der Waals surface area contributed by atoms with Crippen molar-refractivity contribution >= 4 is 0 Å². The van der Waals surface area contributed by atoms with Crippen LogP contribution in [0.3, 0.4) is 0 Å². The van der Waals surface area contributed by atoms with Crippen LogP contribution >= 0.6 is 0 Å². The van der Waals surface area contributed by atoms with Crippen molar-refractivity contribution in [2.24, 2.45) is 0 Å². The molecule has 0 aliphatic rings. The van der Waals surface area contributed by atoms with Gasteiger partial charge in [-0.15, -0.1) is 0 Å². The van der Waals surface area contributed by atoms with Crippen LogP contribution in [0.1, 0.15) is 154 Å². The van der Waals surface area contributed by atoms with Crippen LogP contribution in [-0.2, 0) is 12.8 Å². The fourth-order valence-electron chi connectivity index (χ4n) is 4.33. The molecule has 1 aromatic heterocycles. The molecule has 0 aromatic carbocycles. The van der Waals surface area contributed by atoms with E-state index >= 15 is 0 Å². The topological polar surface area (TPSA) is 12.9 Å². The van der Waals surface area contributed by atoms with Gasteiger partial charge in [-0.25, -0.2) is 0 Å². The molecule has 0 atom stereocenters. The summed E-state index contributed by atoms with van der Waals surface area (Å²) < 4.78 is 0. The summed E-state index contributed by atoms with van der Waals surface area (Å²) in [6.45, 7) is 4.58. The predicted octanol–water partition coefficient (Wildman–Crippen LogP) is 9.81. The standard InChI is InChI=1S/C29H52N/c1-3-5-7-9-11-13-15-17-19-21-24-28-26-23-27-29(30-28)25-22-20-18-16-14-12-10-8-6-4-2/h26-27H,3-22,24-25H2,1-2H3. The Balaban J connectivity index is 1.97. The minimum Gasteiger partial charge on any atom is -0.258 e. The number of hydrogen-bond acceptors (Lipinski definition) is 1. The largest absolute Gasteiger partial charge is 0.258 e. The van der Waals surface area contributed by atoms with Gasteiger partial charge in [-0.2, -0.15) is 0 Å².